The standard InChI is InChI=1S/C31H31F3N8O2/c1-31(2,40(3)4)14-18(15-35)30(43)41-12-6-7-19(41)16-42-29-25(28(36)37-17-38-29)27(39-42)21-11-10-20(13-23(21)33)44-24-9-5-8-22(32)26(24)34/h5,8-11,13-14,17,19H,6-7,12,16H2,1-4H3,(H2,36,37,38)/b18-14-/t19-/m1/s1. The van der Waals surface area contributed by atoms with E-state index in [0.29, 0.717) is 24.0 Å². The Labute approximate surface area is 252 Å². The Balaban J connectivity index is 1.47. The number of likely N-dealkylation sites (tertiary alicyclic amines) is 1. The summed E-state index contributed by atoms with van der Waals surface area (Å²) < 4.78 is 50.1. The number of nitriles is 1. The van der Waals surface area contributed by atoms with Gasteiger partial charge in [-0.15, -0.1) is 0 Å². The van der Waals surface area contributed by atoms with Crippen LogP contribution in [-0.2, 0) is 11.3 Å². The molecule has 0 aliphatic carbocycles. The van der Waals surface area contributed by atoms with Crippen LogP contribution in [0.2, 0.25) is 0 Å². The quantitative estimate of drug-likeness (QED) is 0.218. The molecule has 228 valence electrons. The maximum Gasteiger partial charge on any atom is 0.264 e. The Morgan fingerprint density at radius 2 is 1.98 bits per heavy atom. The van der Waals surface area contributed by atoms with Gasteiger partial charge in [0.05, 0.1) is 18.0 Å². The molecule has 1 fully saturated rings. The lowest BCUT2D eigenvalue weighted by molar-refractivity contribution is -0.127. The second kappa shape index (κ2) is 12.0. The Kier molecular flexibility index (Phi) is 8.29. The van der Waals surface area contributed by atoms with Gasteiger partial charge in [-0.05, 0) is 71.1 Å². The van der Waals surface area contributed by atoms with Gasteiger partial charge in [-0.25, -0.2) is 23.4 Å². The number of hydrogen-bond acceptors (Lipinski definition) is 8. The number of carbonyl (C=O) groups excluding carboxylic acids is 1. The van der Waals surface area contributed by atoms with E-state index in [9.17, 15) is 18.8 Å². The SMILES string of the molecule is CN(C)C(C)(C)/C=C(/C#N)C(=O)N1CCC[C@@H]1Cn1nc(-c2ccc(Oc3cccc(F)c3F)cc2F)c2c(N)ncnc21. The van der Waals surface area contributed by atoms with Crippen molar-refractivity contribution in [2.75, 3.05) is 26.4 Å². The minimum Gasteiger partial charge on any atom is -0.454 e. The predicted octanol–water partition coefficient (Wildman–Crippen LogP) is 5.07. The molecule has 44 heavy (non-hydrogen) atoms. The summed E-state index contributed by atoms with van der Waals surface area (Å²) in [4.78, 5) is 25.5. The molecule has 1 aliphatic heterocycles. The number of ether oxygens (including phenoxy) is 1. The lowest BCUT2D eigenvalue weighted by atomic mass is 9.99. The number of benzene rings is 2. The van der Waals surface area contributed by atoms with Crippen molar-refractivity contribution < 1.29 is 22.7 Å². The normalized spacial score (nSPS) is 15.7. The maximum absolute atomic E-state index is 15.5. The summed E-state index contributed by atoms with van der Waals surface area (Å²) in [5, 5.41) is 14.8. The molecule has 0 bridgehead atoms. The van der Waals surface area contributed by atoms with E-state index in [-0.39, 0.29) is 52.6 Å². The lowest BCUT2D eigenvalue weighted by Gasteiger charge is -2.30. The number of nitrogens with zero attached hydrogens (tertiary/aromatic N) is 7. The van der Waals surface area contributed by atoms with E-state index >= 15 is 4.39 Å². The molecule has 5 rings (SSSR count). The number of hydrogen-bond donors (Lipinski definition) is 1. The van der Waals surface area contributed by atoms with Crippen LogP contribution < -0.4 is 10.5 Å². The average molecular weight is 605 g/mol. The van der Waals surface area contributed by atoms with Gasteiger partial charge in [-0.1, -0.05) is 6.07 Å². The van der Waals surface area contributed by atoms with Crippen molar-refractivity contribution in [2.45, 2.75) is 44.8 Å². The highest BCUT2D eigenvalue weighted by atomic mass is 19.2. The van der Waals surface area contributed by atoms with E-state index < -0.39 is 23.0 Å². The Morgan fingerprint density at radius 3 is 2.68 bits per heavy atom. The minimum atomic E-state index is -1.19. The highest BCUT2D eigenvalue weighted by Crippen LogP contribution is 2.35. The van der Waals surface area contributed by atoms with Gasteiger partial charge in [0.15, 0.2) is 17.2 Å². The predicted molar refractivity (Wildman–Crippen MR) is 158 cm³/mol. The molecule has 0 spiro atoms. The summed E-state index contributed by atoms with van der Waals surface area (Å²) in [6.45, 7) is 4.52. The number of nitrogens with two attached hydrogens (primary N) is 1. The molecule has 1 saturated heterocycles. The monoisotopic (exact) mass is 604 g/mol. The molecule has 1 amide bonds. The first-order valence-corrected chi connectivity index (χ1v) is 13.9. The van der Waals surface area contributed by atoms with Gasteiger partial charge in [0, 0.05) is 23.7 Å². The van der Waals surface area contributed by atoms with Crippen LogP contribution in [0.1, 0.15) is 26.7 Å². The lowest BCUT2D eigenvalue weighted by Crippen LogP contribution is -2.41. The molecular formula is C31H31F3N8O2. The molecule has 10 nitrogen and oxygen atoms in total. The van der Waals surface area contributed by atoms with Crippen LogP contribution in [0.15, 0.2) is 54.4 Å². The first-order chi connectivity index (χ1) is 20.9. The molecule has 3 heterocycles. The number of rotatable bonds is 8. The van der Waals surface area contributed by atoms with E-state index in [1.54, 1.807) is 15.7 Å². The minimum absolute atomic E-state index is 0.0516. The van der Waals surface area contributed by atoms with E-state index in [1.165, 1.54) is 30.6 Å². The van der Waals surface area contributed by atoms with Crippen molar-refractivity contribution in [1.82, 2.24) is 29.5 Å². The van der Waals surface area contributed by atoms with Crippen molar-refractivity contribution in [1.29, 1.82) is 5.26 Å². The van der Waals surface area contributed by atoms with Crippen LogP contribution in [0.3, 0.4) is 0 Å². The van der Waals surface area contributed by atoms with Gasteiger partial charge >= 0.3 is 0 Å². The van der Waals surface area contributed by atoms with Crippen LogP contribution in [0.25, 0.3) is 22.3 Å². The van der Waals surface area contributed by atoms with Crippen molar-refractivity contribution in [3.8, 4) is 28.8 Å². The number of nitrogen functional groups attached to an aromatic ring is 1. The third-order valence-corrected chi connectivity index (χ3v) is 7.92. The zero-order valence-corrected chi connectivity index (χ0v) is 24.7. The summed E-state index contributed by atoms with van der Waals surface area (Å²) in [5.41, 5.74) is 6.31. The van der Waals surface area contributed by atoms with E-state index in [4.69, 9.17) is 10.5 Å². The topological polar surface area (TPSA) is 126 Å². The van der Waals surface area contributed by atoms with Crippen LogP contribution in [0.4, 0.5) is 19.0 Å². The average Bonchev–Trinajstić information content (AvgIpc) is 3.59. The first-order valence-electron chi connectivity index (χ1n) is 13.9. The molecule has 2 N–H and O–H groups in total. The Morgan fingerprint density at radius 1 is 1.20 bits per heavy atom. The third kappa shape index (κ3) is 5.80. The number of carbonyl (C=O) groups is 1. The van der Waals surface area contributed by atoms with Crippen molar-refractivity contribution in [2.24, 2.45) is 0 Å². The molecule has 1 aliphatic rings. The smallest absolute Gasteiger partial charge is 0.264 e. The second-order valence-electron chi connectivity index (χ2n) is 11.3. The number of likely N-dealkylation sites (N-methyl/N-ethyl adjacent to an activating group) is 1. The van der Waals surface area contributed by atoms with Gasteiger partial charge < -0.3 is 20.3 Å². The van der Waals surface area contributed by atoms with Gasteiger partial charge in [0.2, 0.25) is 5.82 Å². The van der Waals surface area contributed by atoms with E-state index in [1.807, 2.05) is 32.8 Å². The zero-order valence-electron chi connectivity index (χ0n) is 24.7. The maximum atomic E-state index is 15.5. The van der Waals surface area contributed by atoms with Gasteiger partial charge in [0.1, 0.15) is 41.0 Å². The van der Waals surface area contributed by atoms with Crippen molar-refractivity contribution >= 4 is 22.8 Å². The van der Waals surface area contributed by atoms with Crippen LogP contribution in [0, 0.1) is 28.8 Å². The number of fused-ring (bicyclic) bond motifs is 1. The summed E-state index contributed by atoms with van der Waals surface area (Å²) in [6.07, 6.45) is 4.34. The number of aromatic nitrogens is 4. The Bertz CT molecular complexity index is 1810. The first kappa shape index (κ1) is 30.5. The number of halogens is 3. The van der Waals surface area contributed by atoms with Crippen LogP contribution in [0.5, 0.6) is 11.5 Å². The largest absolute Gasteiger partial charge is 0.454 e. The molecule has 0 unspecified atom stereocenters. The summed E-state index contributed by atoms with van der Waals surface area (Å²) in [7, 11) is 3.74. The second-order valence-corrected chi connectivity index (χ2v) is 11.3. The van der Waals surface area contributed by atoms with Crippen molar-refractivity contribution in [3.63, 3.8) is 0 Å². The molecule has 4 aromatic rings. The van der Waals surface area contributed by atoms with Gasteiger partial charge in [-0.2, -0.15) is 14.8 Å². The fourth-order valence-electron chi connectivity index (χ4n) is 5.06. The molecule has 0 radical (unpaired) electrons. The summed E-state index contributed by atoms with van der Waals surface area (Å²) in [5.74, 6) is -3.76. The molecular weight excluding hydrogens is 573 g/mol. The fraction of sp³-hybridized carbons (Fsp3) is 0.323. The molecule has 13 heteroatoms. The molecule has 2 aromatic heterocycles. The highest BCUT2D eigenvalue weighted by molar-refractivity contribution is 5.99. The summed E-state index contributed by atoms with van der Waals surface area (Å²) in [6, 6.07) is 9.03. The zero-order chi connectivity index (χ0) is 31.8. The third-order valence-electron chi connectivity index (χ3n) is 7.92. The van der Waals surface area contributed by atoms with E-state index in [2.05, 4.69) is 21.1 Å². The van der Waals surface area contributed by atoms with Gasteiger partial charge in [-0.3, -0.25) is 4.79 Å². The van der Waals surface area contributed by atoms with Crippen LogP contribution in [-0.4, -0.2) is 67.7 Å². The highest BCUT2D eigenvalue weighted by Gasteiger charge is 2.33. The van der Waals surface area contributed by atoms with Crippen molar-refractivity contribution in [3.05, 3.63) is 71.8 Å². The number of anilines is 1. The molecule has 1 atom stereocenters. The Hall–Kier alpha value is -4.96. The van der Waals surface area contributed by atoms with E-state index in [0.717, 1.165) is 18.6 Å². The fourth-order valence-corrected chi connectivity index (χ4v) is 5.06. The number of amides is 1. The molecule has 0 saturated carbocycles. The van der Waals surface area contributed by atoms with Crippen LogP contribution >= 0.6 is 0 Å². The molecule has 2 aromatic carbocycles. The van der Waals surface area contributed by atoms with Gasteiger partial charge in [0.25, 0.3) is 5.91 Å². The summed E-state index contributed by atoms with van der Waals surface area (Å²) >= 11 is 0.